The SMILES string of the molecule is CCOC(=O)N1[C@H]2C=C[C@@H]([C@H]3C=C[C@@H]32)N1C(=O)OCC. The van der Waals surface area contributed by atoms with E-state index in [1.807, 2.05) is 12.2 Å². The molecule has 0 spiro atoms. The van der Waals surface area contributed by atoms with Crippen molar-refractivity contribution in [3.05, 3.63) is 24.3 Å². The fourth-order valence-electron chi connectivity index (χ4n) is 3.11. The van der Waals surface area contributed by atoms with Gasteiger partial charge in [0, 0.05) is 11.8 Å². The summed E-state index contributed by atoms with van der Waals surface area (Å²) in [5.41, 5.74) is 0. The van der Waals surface area contributed by atoms with E-state index in [1.165, 1.54) is 10.0 Å². The number of ether oxygens (including phenoxy) is 2. The fraction of sp³-hybridized carbons (Fsp3) is 0.571. The van der Waals surface area contributed by atoms with Crippen molar-refractivity contribution in [2.45, 2.75) is 25.9 Å². The van der Waals surface area contributed by atoms with E-state index < -0.39 is 12.2 Å². The van der Waals surface area contributed by atoms with Crippen LogP contribution < -0.4 is 0 Å². The minimum atomic E-state index is -0.501. The van der Waals surface area contributed by atoms with Crippen LogP contribution in [0.5, 0.6) is 0 Å². The Morgan fingerprint density at radius 3 is 1.55 bits per heavy atom. The molecule has 6 heteroatoms. The molecule has 4 aliphatic rings. The number of hydrogen-bond donors (Lipinski definition) is 0. The smallest absolute Gasteiger partial charge is 0.429 e. The molecule has 0 radical (unpaired) electrons. The van der Waals surface area contributed by atoms with E-state index in [2.05, 4.69) is 12.2 Å². The highest BCUT2D eigenvalue weighted by Gasteiger charge is 2.54. The van der Waals surface area contributed by atoms with Crippen LogP contribution in [0.4, 0.5) is 9.59 Å². The molecule has 6 nitrogen and oxygen atoms in total. The number of fused-ring (bicyclic) bond motifs is 1. The van der Waals surface area contributed by atoms with Gasteiger partial charge in [0.15, 0.2) is 0 Å². The molecular formula is C14H18N2O4. The molecule has 1 saturated heterocycles. The van der Waals surface area contributed by atoms with Gasteiger partial charge in [-0.05, 0) is 13.8 Å². The van der Waals surface area contributed by atoms with Gasteiger partial charge in [0.1, 0.15) is 0 Å². The van der Waals surface area contributed by atoms with Crippen molar-refractivity contribution in [1.82, 2.24) is 10.0 Å². The third kappa shape index (κ3) is 1.71. The minimum Gasteiger partial charge on any atom is -0.448 e. The molecule has 2 aliphatic heterocycles. The first-order valence-electron chi connectivity index (χ1n) is 6.97. The summed E-state index contributed by atoms with van der Waals surface area (Å²) >= 11 is 0. The van der Waals surface area contributed by atoms with Crippen molar-refractivity contribution in [2.75, 3.05) is 13.2 Å². The van der Waals surface area contributed by atoms with Gasteiger partial charge in [0.2, 0.25) is 0 Å². The summed E-state index contributed by atoms with van der Waals surface area (Å²) in [6.07, 6.45) is 7.11. The summed E-state index contributed by atoms with van der Waals surface area (Å²) in [7, 11) is 0. The van der Waals surface area contributed by atoms with Gasteiger partial charge in [-0.1, -0.05) is 24.3 Å². The van der Waals surface area contributed by atoms with Crippen LogP contribution in [0.3, 0.4) is 0 Å². The molecule has 1 fully saturated rings. The molecule has 4 atom stereocenters. The first kappa shape index (κ1) is 13.0. The van der Waals surface area contributed by atoms with Gasteiger partial charge in [0.05, 0.1) is 25.3 Å². The topological polar surface area (TPSA) is 59.1 Å². The van der Waals surface area contributed by atoms with E-state index in [0.717, 1.165) is 0 Å². The van der Waals surface area contributed by atoms with Crippen LogP contribution in [-0.4, -0.2) is 47.5 Å². The van der Waals surface area contributed by atoms with Gasteiger partial charge >= 0.3 is 12.2 Å². The van der Waals surface area contributed by atoms with Crippen molar-refractivity contribution in [1.29, 1.82) is 0 Å². The van der Waals surface area contributed by atoms with E-state index in [-0.39, 0.29) is 37.1 Å². The summed E-state index contributed by atoms with van der Waals surface area (Å²) in [6.45, 7) is 4.04. The van der Waals surface area contributed by atoms with E-state index in [1.54, 1.807) is 13.8 Å². The van der Waals surface area contributed by atoms with Crippen molar-refractivity contribution in [3.8, 4) is 0 Å². The molecule has 2 amide bonds. The molecule has 2 aliphatic carbocycles. The Kier molecular flexibility index (Phi) is 3.16. The quantitative estimate of drug-likeness (QED) is 0.724. The number of amides is 2. The zero-order chi connectivity index (χ0) is 14.3. The number of hydrazine groups is 1. The molecule has 0 aromatic heterocycles. The van der Waals surface area contributed by atoms with Crippen molar-refractivity contribution < 1.29 is 19.1 Å². The van der Waals surface area contributed by atoms with Gasteiger partial charge in [-0.25, -0.2) is 19.6 Å². The molecule has 2 heterocycles. The first-order chi connectivity index (χ1) is 9.69. The molecule has 0 aromatic rings. The average molecular weight is 278 g/mol. The van der Waals surface area contributed by atoms with E-state index in [9.17, 15) is 9.59 Å². The van der Waals surface area contributed by atoms with Gasteiger partial charge < -0.3 is 9.47 Å². The second-order valence-electron chi connectivity index (χ2n) is 4.99. The fourth-order valence-corrected chi connectivity index (χ4v) is 3.11. The molecule has 0 saturated carbocycles. The maximum atomic E-state index is 12.2. The normalized spacial score (nSPS) is 32.7. The Balaban J connectivity index is 1.92. The average Bonchev–Trinajstić information content (AvgIpc) is 2.38. The third-order valence-electron chi connectivity index (χ3n) is 4.00. The zero-order valence-corrected chi connectivity index (χ0v) is 11.6. The predicted octanol–water partition coefficient (Wildman–Crippen LogP) is 1.94. The van der Waals surface area contributed by atoms with Crippen LogP contribution in [0, 0.1) is 11.8 Å². The number of hydrogen-bond acceptors (Lipinski definition) is 4. The van der Waals surface area contributed by atoms with E-state index in [4.69, 9.17) is 9.47 Å². The summed E-state index contributed by atoms with van der Waals surface area (Å²) < 4.78 is 10.2. The highest BCUT2D eigenvalue weighted by Crippen LogP contribution is 2.46. The van der Waals surface area contributed by atoms with Crippen LogP contribution >= 0.6 is 0 Å². The molecule has 108 valence electrons. The van der Waals surface area contributed by atoms with Crippen LogP contribution in [0.2, 0.25) is 0 Å². The standard InChI is InChI=1S/C14H18N2O4/c1-3-19-13(17)15-11-7-8-12(10-6-5-9(10)11)16(15)14(18)20-4-2/h5-12H,3-4H2,1-2H3/t9-,10-,11-,12-/m0/s1. The van der Waals surface area contributed by atoms with Crippen LogP contribution in [-0.2, 0) is 9.47 Å². The van der Waals surface area contributed by atoms with Crippen LogP contribution in [0.1, 0.15) is 13.8 Å². The Hall–Kier alpha value is -1.98. The second-order valence-corrected chi connectivity index (χ2v) is 4.99. The van der Waals surface area contributed by atoms with Gasteiger partial charge in [-0.2, -0.15) is 0 Å². The van der Waals surface area contributed by atoms with E-state index >= 15 is 0 Å². The largest absolute Gasteiger partial charge is 0.448 e. The lowest BCUT2D eigenvalue weighted by Gasteiger charge is -2.56. The maximum Gasteiger partial charge on any atom is 0.429 e. The Bertz CT molecular complexity index is 446. The predicted molar refractivity (Wildman–Crippen MR) is 70.6 cm³/mol. The maximum absolute atomic E-state index is 12.2. The molecule has 0 unspecified atom stereocenters. The van der Waals surface area contributed by atoms with Crippen molar-refractivity contribution >= 4 is 12.2 Å². The van der Waals surface area contributed by atoms with Gasteiger partial charge in [0.25, 0.3) is 0 Å². The number of carbonyl (C=O) groups excluding carboxylic acids is 2. The lowest BCUT2D eigenvalue weighted by atomic mass is 9.67. The highest BCUT2D eigenvalue weighted by atomic mass is 16.6. The minimum absolute atomic E-state index is 0.168. The Labute approximate surface area is 117 Å². The number of carbonyl (C=O) groups is 2. The number of rotatable bonds is 2. The molecular weight excluding hydrogens is 260 g/mol. The summed E-state index contributed by atoms with van der Waals surface area (Å²) in [4.78, 5) is 24.4. The van der Waals surface area contributed by atoms with Gasteiger partial charge in [-0.3, -0.25) is 0 Å². The third-order valence-corrected chi connectivity index (χ3v) is 4.00. The van der Waals surface area contributed by atoms with Crippen LogP contribution in [0.25, 0.3) is 0 Å². The summed E-state index contributed by atoms with van der Waals surface area (Å²) in [6, 6.07) is -0.336. The second kappa shape index (κ2) is 4.85. The van der Waals surface area contributed by atoms with E-state index in [0.29, 0.717) is 0 Å². The Morgan fingerprint density at radius 1 is 0.850 bits per heavy atom. The lowest BCUT2D eigenvalue weighted by Crippen LogP contribution is -2.70. The summed E-state index contributed by atoms with van der Waals surface area (Å²) in [5, 5.41) is 2.80. The first-order valence-corrected chi connectivity index (χ1v) is 6.97. The zero-order valence-electron chi connectivity index (χ0n) is 11.6. The molecule has 0 aromatic carbocycles. The van der Waals surface area contributed by atoms with Crippen LogP contribution in [0.15, 0.2) is 24.3 Å². The summed E-state index contributed by atoms with van der Waals surface area (Å²) in [5.74, 6) is 0.528. The van der Waals surface area contributed by atoms with Crippen molar-refractivity contribution in [2.24, 2.45) is 11.8 Å². The van der Waals surface area contributed by atoms with Gasteiger partial charge in [-0.15, -0.1) is 0 Å². The van der Waals surface area contributed by atoms with Crippen molar-refractivity contribution in [3.63, 3.8) is 0 Å². The Morgan fingerprint density at radius 2 is 1.25 bits per heavy atom. The molecule has 20 heavy (non-hydrogen) atoms. The highest BCUT2D eigenvalue weighted by molar-refractivity contribution is 5.76. The molecule has 2 bridgehead atoms. The molecule has 0 N–H and O–H groups in total. The monoisotopic (exact) mass is 278 g/mol. The molecule has 4 rings (SSSR count). The lowest BCUT2D eigenvalue weighted by molar-refractivity contribution is -0.110. The number of nitrogens with zero attached hydrogens (tertiary/aromatic N) is 2.